The van der Waals surface area contributed by atoms with Crippen molar-refractivity contribution in [3.8, 4) is 17.2 Å². The number of aldehydes is 1. The smallest absolute Gasteiger partial charge is 0.343 e. The van der Waals surface area contributed by atoms with E-state index < -0.39 is 5.97 Å². The predicted octanol–water partition coefficient (Wildman–Crippen LogP) is 5.09. The minimum absolute atomic E-state index is 0.127. The maximum Gasteiger partial charge on any atom is 0.343 e. The summed E-state index contributed by atoms with van der Waals surface area (Å²) in [5, 5.41) is 9.63. The number of phenols is 1. The first kappa shape index (κ1) is 21.4. The highest BCUT2D eigenvalue weighted by Crippen LogP contribution is 2.23. The Balaban J connectivity index is 1.74. The number of ether oxygens (including phenoxy) is 1. The largest absolute Gasteiger partial charge is 0.507 e. The summed E-state index contributed by atoms with van der Waals surface area (Å²) in [5.41, 5.74) is 0.449. The Kier molecular flexibility index (Phi) is 9.01. The van der Waals surface area contributed by atoms with Gasteiger partial charge in [0.2, 0.25) is 0 Å². The van der Waals surface area contributed by atoms with E-state index in [1.54, 1.807) is 24.3 Å². The first-order valence-corrected chi connectivity index (χ1v) is 9.54. The average Bonchev–Trinajstić information content (AvgIpc) is 2.70. The first-order chi connectivity index (χ1) is 13.6. The molecular formula is C22H26O6. The molecule has 2 aromatic rings. The summed E-state index contributed by atoms with van der Waals surface area (Å²) in [5.74, 6) is -0.185. The van der Waals surface area contributed by atoms with Gasteiger partial charge in [0.1, 0.15) is 11.5 Å². The lowest BCUT2D eigenvalue weighted by Gasteiger charge is -2.07. The van der Waals surface area contributed by atoms with Gasteiger partial charge in [-0.25, -0.2) is 4.79 Å². The molecule has 2 aromatic carbocycles. The van der Waals surface area contributed by atoms with Gasteiger partial charge in [-0.2, -0.15) is 4.89 Å². The van der Waals surface area contributed by atoms with Crippen LogP contribution in [0.1, 0.15) is 66.2 Å². The quantitative estimate of drug-likeness (QED) is 0.137. The number of aromatic hydroxyl groups is 1. The molecule has 6 heteroatoms. The third-order valence-electron chi connectivity index (χ3n) is 4.17. The molecule has 150 valence electrons. The second-order valence-corrected chi connectivity index (χ2v) is 6.43. The highest BCUT2D eigenvalue weighted by Gasteiger charge is 2.11. The summed E-state index contributed by atoms with van der Waals surface area (Å²) in [4.78, 5) is 33.2. The van der Waals surface area contributed by atoms with Crippen molar-refractivity contribution in [3.05, 3.63) is 53.6 Å². The Labute approximate surface area is 165 Å². The predicted molar refractivity (Wildman–Crippen MR) is 105 cm³/mol. The van der Waals surface area contributed by atoms with Crippen molar-refractivity contribution in [1.29, 1.82) is 0 Å². The molecule has 1 N–H and O–H groups in total. The zero-order valence-electron chi connectivity index (χ0n) is 16.1. The Morgan fingerprint density at radius 2 is 1.64 bits per heavy atom. The van der Waals surface area contributed by atoms with Crippen LogP contribution in [0.15, 0.2) is 42.5 Å². The van der Waals surface area contributed by atoms with Gasteiger partial charge in [0.05, 0.1) is 17.7 Å². The van der Waals surface area contributed by atoms with Crippen LogP contribution in [-0.2, 0) is 4.89 Å². The van der Waals surface area contributed by atoms with E-state index in [4.69, 9.17) is 14.5 Å². The lowest BCUT2D eigenvalue weighted by atomic mass is 10.1. The number of esters is 1. The Hall–Kier alpha value is -2.86. The number of benzene rings is 2. The number of carbonyl (C=O) groups excluding carboxylic acids is 2. The molecule has 0 saturated carbocycles. The molecule has 6 nitrogen and oxygen atoms in total. The van der Waals surface area contributed by atoms with Gasteiger partial charge in [0.25, 0.3) is 0 Å². The molecule has 0 aliphatic heterocycles. The van der Waals surface area contributed by atoms with E-state index >= 15 is 0 Å². The van der Waals surface area contributed by atoms with Crippen LogP contribution >= 0.6 is 0 Å². The van der Waals surface area contributed by atoms with Crippen molar-refractivity contribution < 1.29 is 29.2 Å². The number of rotatable bonds is 12. The van der Waals surface area contributed by atoms with Crippen molar-refractivity contribution in [2.45, 2.75) is 45.4 Å². The van der Waals surface area contributed by atoms with Crippen LogP contribution < -0.4 is 9.62 Å². The van der Waals surface area contributed by atoms with Gasteiger partial charge in [0.15, 0.2) is 12.0 Å². The van der Waals surface area contributed by atoms with E-state index in [1.807, 2.05) is 0 Å². The van der Waals surface area contributed by atoms with Gasteiger partial charge in [-0.1, -0.05) is 39.0 Å². The van der Waals surface area contributed by atoms with Crippen molar-refractivity contribution >= 4 is 12.3 Å². The van der Waals surface area contributed by atoms with Gasteiger partial charge in [0, 0.05) is 6.07 Å². The van der Waals surface area contributed by atoms with E-state index in [9.17, 15) is 14.7 Å². The number of carbonyl (C=O) groups is 2. The van der Waals surface area contributed by atoms with Gasteiger partial charge in [-0.15, -0.1) is 0 Å². The van der Waals surface area contributed by atoms with Crippen LogP contribution in [0.25, 0.3) is 0 Å². The van der Waals surface area contributed by atoms with Gasteiger partial charge in [-0.3, -0.25) is 4.79 Å². The number of phenolic OH excluding ortho intramolecular Hbond substituents is 1. The Morgan fingerprint density at radius 3 is 2.32 bits per heavy atom. The minimum atomic E-state index is -0.585. The SMILES string of the molecule is CCCCCCCCOOc1ccc(C(=O)Oc2ccc(C=O)c(O)c2)cc1. The van der Waals surface area contributed by atoms with E-state index in [1.165, 1.54) is 43.9 Å². The van der Waals surface area contributed by atoms with E-state index in [0.29, 0.717) is 24.2 Å². The van der Waals surface area contributed by atoms with Crippen molar-refractivity contribution in [3.63, 3.8) is 0 Å². The molecule has 0 radical (unpaired) electrons. The summed E-state index contributed by atoms with van der Waals surface area (Å²) < 4.78 is 5.19. The molecule has 0 bridgehead atoms. The minimum Gasteiger partial charge on any atom is -0.507 e. The molecule has 0 atom stereocenters. The summed E-state index contributed by atoms with van der Waals surface area (Å²) in [7, 11) is 0. The molecule has 0 amide bonds. The van der Waals surface area contributed by atoms with Crippen LogP contribution in [0.5, 0.6) is 17.2 Å². The molecule has 0 heterocycles. The highest BCUT2D eigenvalue weighted by molar-refractivity contribution is 5.91. The number of unbranched alkanes of at least 4 members (excludes halogenated alkanes) is 5. The van der Waals surface area contributed by atoms with Crippen LogP contribution in [0.3, 0.4) is 0 Å². The van der Waals surface area contributed by atoms with Crippen LogP contribution in [0.2, 0.25) is 0 Å². The molecule has 0 saturated heterocycles. The molecule has 0 aromatic heterocycles. The Morgan fingerprint density at radius 1 is 0.964 bits per heavy atom. The monoisotopic (exact) mass is 386 g/mol. The van der Waals surface area contributed by atoms with E-state index in [0.717, 1.165) is 12.8 Å². The molecule has 0 unspecified atom stereocenters. The molecule has 2 rings (SSSR count). The molecule has 28 heavy (non-hydrogen) atoms. The van der Waals surface area contributed by atoms with Crippen LogP contribution in [0.4, 0.5) is 0 Å². The van der Waals surface area contributed by atoms with E-state index in [-0.39, 0.29) is 17.1 Å². The van der Waals surface area contributed by atoms with Gasteiger partial charge >= 0.3 is 5.97 Å². The zero-order chi connectivity index (χ0) is 20.2. The van der Waals surface area contributed by atoms with Crippen molar-refractivity contribution in [1.82, 2.24) is 0 Å². The summed E-state index contributed by atoms with van der Waals surface area (Å²) in [6.07, 6.45) is 7.57. The maximum atomic E-state index is 12.2. The van der Waals surface area contributed by atoms with Crippen LogP contribution in [0, 0.1) is 0 Å². The molecular weight excluding hydrogens is 360 g/mol. The topological polar surface area (TPSA) is 82.1 Å². The van der Waals surface area contributed by atoms with Gasteiger partial charge < -0.3 is 14.7 Å². The number of hydrogen-bond acceptors (Lipinski definition) is 6. The first-order valence-electron chi connectivity index (χ1n) is 9.54. The third kappa shape index (κ3) is 7.04. The fourth-order valence-corrected chi connectivity index (χ4v) is 2.55. The fourth-order valence-electron chi connectivity index (χ4n) is 2.55. The lowest BCUT2D eigenvalue weighted by Crippen LogP contribution is -2.08. The highest BCUT2D eigenvalue weighted by atomic mass is 17.2. The maximum absolute atomic E-state index is 12.2. The van der Waals surface area contributed by atoms with Gasteiger partial charge in [-0.05, 0) is 42.8 Å². The molecule has 0 fully saturated rings. The van der Waals surface area contributed by atoms with Crippen LogP contribution in [-0.4, -0.2) is 24.0 Å². The summed E-state index contributed by atoms with van der Waals surface area (Å²) >= 11 is 0. The lowest BCUT2D eigenvalue weighted by molar-refractivity contribution is -0.207. The Bertz CT molecular complexity index is 754. The fraction of sp³-hybridized carbons (Fsp3) is 0.364. The molecule has 0 aliphatic rings. The number of hydrogen-bond donors (Lipinski definition) is 1. The normalized spacial score (nSPS) is 10.5. The van der Waals surface area contributed by atoms with Crippen molar-refractivity contribution in [2.24, 2.45) is 0 Å². The second-order valence-electron chi connectivity index (χ2n) is 6.43. The second kappa shape index (κ2) is 11.8. The zero-order valence-corrected chi connectivity index (χ0v) is 16.1. The van der Waals surface area contributed by atoms with Crippen molar-refractivity contribution in [2.75, 3.05) is 6.61 Å². The average molecular weight is 386 g/mol. The third-order valence-corrected chi connectivity index (χ3v) is 4.17. The molecule has 0 aliphatic carbocycles. The summed E-state index contributed by atoms with van der Waals surface area (Å²) in [6.45, 7) is 2.72. The standard InChI is InChI=1S/C22H26O6/c1-2-3-4-5-6-7-14-26-28-19-11-8-17(9-12-19)22(25)27-20-13-10-18(16-23)21(24)15-20/h8-13,15-16,24H,2-7,14H2,1H3. The molecule has 0 spiro atoms. The van der Waals surface area contributed by atoms with E-state index in [2.05, 4.69) is 6.92 Å². The summed E-state index contributed by atoms with van der Waals surface area (Å²) in [6, 6.07) is 10.4.